The van der Waals surface area contributed by atoms with Crippen molar-refractivity contribution in [1.29, 1.82) is 0 Å². The lowest BCUT2D eigenvalue weighted by Crippen LogP contribution is -2.17. The lowest BCUT2D eigenvalue weighted by atomic mass is 10.1. The van der Waals surface area contributed by atoms with Crippen molar-refractivity contribution < 1.29 is 27.8 Å². The molecule has 0 heterocycles. The summed E-state index contributed by atoms with van der Waals surface area (Å²) in [5.74, 6) is -1.52. The first-order valence-corrected chi connectivity index (χ1v) is 5.12. The number of aliphatic carboxylic acids is 1. The van der Waals surface area contributed by atoms with Crippen LogP contribution in [-0.4, -0.2) is 17.4 Å². The van der Waals surface area contributed by atoms with Gasteiger partial charge >= 0.3 is 12.3 Å². The normalized spacial score (nSPS) is 11.2. The Bertz CT molecular complexity index is 403. The molecule has 1 aromatic rings. The van der Waals surface area contributed by atoms with E-state index in [4.69, 9.17) is 5.11 Å². The van der Waals surface area contributed by atoms with Gasteiger partial charge in [-0.05, 0) is 46.4 Å². The van der Waals surface area contributed by atoms with Crippen LogP contribution in [0.2, 0.25) is 0 Å². The first kappa shape index (κ1) is 13.1. The highest BCUT2D eigenvalue weighted by molar-refractivity contribution is 14.1. The molecular formula is C9H6F3IO3. The van der Waals surface area contributed by atoms with Gasteiger partial charge in [0.2, 0.25) is 0 Å². The van der Waals surface area contributed by atoms with Crippen molar-refractivity contribution in [2.24, 2.45) is 0 Å². The van der Waals surface area contributed by atoms with Gasteiger partial charge in [-0.2, -0.15) is 0 Å². The highest BCUT2D eigenvalue weighted by Gasteiger charge is 2.31. The van der Waals surface area contributed by atoms with E-state index in [9.17, 15) is 18.0 Å². The Labute approximate surface area is 102 Å². The van der Waals surface area contributed by atoms with Crippen molar-refractivity contribution in [3.05, 3.63) is 27.3 Å². The molecule has 0 spiro atoms. The summed E-state index contributed by atoms with van der Waals surface area (Å²) in [7, 11) is 0. The number of benzene rings is 1. The second-order valence-electron chi connectivity index (χ2n) is 2.87. The maximum atomic E-state index is 11.9. The van der Waals surface area contributed by atoms with Crippen LogP contribution >= 0.6 is 22.6 Å². The van der Waals surface area contributed by atoms with Gasteiger partial charge in [0.1, 0.15) is 5.75 Å². The second-order valence-corrected chi connectivity index (χ2v) is 4.03. The minimum atomic E-state index is -4.77. The molecule has 1 rings (SSSR count). The third-order valence-corrected chi connectivity index (χ3v) is 2.64. The molecule has 0 amide bonds. The molecule has 0 atom stereocenters. The molecule has 0 fully saturated rings. The van der Waals surface area contributed by atoms with E-state index in [1.165, 1.54) is 6.07 Å². The Morgan fingerprint density at radius 1 is 1.44 bits per heavy atom. The minimum absolute atomic E-state index is 0.287. The van der Waals surface area contributed by atoms with Crippen LogP contribution in [0.5, 0.6) is 5.75 Å². The quantitative estimate of drug-likeness (QED) is 0.857. The summed E-state index contributed by atoms with van der Waals surface area (Å²) in [5.41, 5.74) is 0.287. The fourth-order valence-electron chi connectivity index (χ4n) is 1.05. The Hall–Kier alpha value is -0.990. The molecule has 0 aliphatic rings. The van der Waals surface area contributed by atoms with Gasteiger partial charge in [-0.1, -0.05) is 0 Å². The van der Waals surface area contributed by atoms with E-state index in [2.05, 4.69) is 4.74 Å². The van der Waals surface area contributed by atoms with Gasteiger partial charge in [0, 0.05) is 3.57 Å². The predicted octanol–water partition coefficient (Wildman–Crippen LogP) is 2.82. The fraction of sp³-hybridized carbons (Fsp3) is 0.222. The van der Waals surface area contributed by atoms with E-state index in [0.717, 1.165) is 12.1 Å². The van der Waals surface area contributed by atoms with Gasteiger partial charge in [-0.15, -0.1) is 13.2 Å². The zero-order valence-corrected chi connectivity index (χ0v) is 9.87. The SMILES string of the molecule is O=C(O)Cc1cc(OC(F)(F)F)ccc1I. The summed E-state index contributed by atoms with van der Waals surface area (Å²) in [4.78, 5) is 10.5. The van der Waals surface area contributed by atoms with Crippen molar-refractivity contribution >= 4 is 28.6 Å². The fourth-order valence-corrected chi connectivity index (χ4v) is 1.57. The standard InChI is InChI=1S/C9H6F3IO3/c10-9(11,12)16-6-1-2-7(13)5(3-6)4-8(14)15/h1-3H,4H2,(H,14,15). The molecule has 3 nitrogen and oxygen atoms in total. The molecule has 1 aromatic carbocycles. The van der Waals surface area contributed by atoms with Crippen LogP contribution in [0, 0.1) is 3.57 Å². The summed E-state index contributed by atoms with van der Waals surface area (Å²) in [6.45, 7) is 0. The van der Waals surface area contributed by atoms with Crippen molar-refractivity contribution in [3.8, 4) is 5.75 Å². The van der Waals surface area contributed by atoms with Crippen molar-refractivity contribution in [1.82, 2.24) is 0 Å². The summed E-state index contributed by atoms with van der Waals surface area (Å²) in [5, 5.41) is 8.55. The Balaban J connectivity index is 2.93. The molecule has 16 heavy (non-hydrogen) atoms. The van der Waals surface area contributed by atoms with Crippen LogP contribution < -0.4 is 4.74 Å². The van der Waals surface area contributed by atoms with Gasteiger partial charge in [0.05, 0.1) is 6.42 Å². The van der Waals surface area contributed by atoms with Crippen LogP contribution in [0.4, 0.5) is 13.2 Å². The van der Waals surface area contributed by atoms with E-state index in [1.54, 1.807) is 0 Å². The first-order valence-electron chi connectivity index (χ1n) is 4.04. The van der Waals surface area contributed by atoms with Crippen molar-refractivity contribution in [2.75, 3.05) is 0 Å². The largest absolute Gasteiger partial charge is 0.573 e. The highest BCUT2D eigenvalue weighted by atomic mass is 127. The number of halogens is 4. The molecule has 0 saturated carbocycles. The number of carbonyl (C=O) groups is 1. The maximum absolute atomic E-state index is 11.9. The molecule has 0 saturated heterocycles. The van der Waals surface area contributed by atoms with Gasteiger partial charge in [-0.25, -0.2) is 0 Å². The average molecular weight is 346 g/mol. The Morgan fingerprint density at radius 3 is 2.56 bits per heavy atom. The van der Waals surface area contributed by atoms with Crippen LogP contribution in [0.1, 0.15) is 5.56 Å². The highest BCUT2D eigenvalue weighted by Crippen LogP contribution is 2.25. The molecule has 0 radical (unpaired) electrons. The number of hydrogen-bond donors (Lipinski definition) is 1. The molecular weight excluding hydrogens is 340 g/mol. The van der Waals surface area contributed by atoms with E-state index in [1.807, 2.05) is 22.6 Å². The zero-order valence-electron chi connectivity index (χ0n) is 7.71. The molecule has 0 aromatic heterocycles. The predicted molar refractivity (Wildman–Crippen MR) is 57.2 cm³/mol. The summed E-state index contributed by atoms with van der Waals surface area (Å²) < 4.78 is 39.9. The number of carboxylic acids is 1. The van der Waals surface area contributed by atoms with Crippen molar-refractivity contribution in [3.63, 3.8) is 0 Å². The minimum Gasteiger partial charge on any atom is -0.481 e. The lowest BCUT2D eigenvalue weighted by molar-refractivity contribution is -0.274. The first-order chi connectivity index (χ1) is 7.28. The summed E-state index contributed by atoms with van der Waals surface area (Å²) in [6, 6.07) is 3.59. The van der Waals surface area contributed by atoms with E-state index >= 15 is 0 Å². The molecule has 0 unspecified atom stereocenters. The van der Waals surface area contributed by atoms with Gasteiger partial charge in [-0.3, -0.25) is 4.79 Å². The van der Waals surface area contributed by atoms with Crippen molar-refractivity contribution in [2.45, 2.75) is 12.8 Å². The topological polar surface area (TPSA) is 46.5 Å². The van der Waals surface area contributed by atoms with Gasteiger partial charge in [0.25, 0.3) is 0 Å². The molecule has 0 bridgehead atoms. The summed E-state index contributed by atoms with van der Waals surface area (Å²) in [6.07, 6.45) is -5.11. The Kier molecular flexibility index (Phi) is 4.00. The maximum Gasteiger partial charge on any atom is 0.573 e. The third kappa shape index (κ3) is 4.25. The van der Waals surface area contributed by atoms with Gasteiger partial charge < -0.3 is 9.84 Å². The number of hydrogen-bond acceptors (Lipinski definition) is 2. The number of alkyl halides is 3. The van der Waals surface area contributed by atoms with E-state index < -0.39 is 18.1 Å². The second kappa shape index (κ2) is 4.89. The summed E-state index contributed by atoms with van der Waals surface area (Å²) >= 11 is 1.85. The molecule has 88 valence electrons. The smallest absolute Gasteiger partial charge is 0.481 e. The van der Waals surface area contributed by atoms with Crippen LogP contribution in [0.15, 0.2) is 18.2 Å². The Morgan fingerprint density at radius 2 is 2.06 bits per heavy atom. The molecule has 0 aliphatic carbocycles. The zero-order chi connectivity index (χ0) is 12.3. The van der Waals surface area contributed by atoms with Crippen LogP contribution in [0.25, 0.3) is 0 Å². The molecule has 7 heteroatoms. The molecule has 1 N–H and O–H groups in total. The monoisotopic (exact) mass is 346 g/mol. The number of ether oxygens (including phenoxy) is 1. The van der Waals surface area contributed by atoms with E-state index in [-0.39, 0.29) is 12.0 Å². The van der Waals surface area contributed by atoms with Crippen LogP contribution in [0.3, 0.4) is 0 Å². The average Bonchev–Trinajstić information content (AvgIpc) is 2.07. The van der Waals surface area contributed by atoms with Gasteiger partial charge in [0.15, 0.2) is 0 Å². The third-order valence-electron chi connectivity index (χ3n) is 1.59. The number of rotatable bonds is 3. The van der Waals surface area contributed by atoms with E-state index in [0.29, 0.717) is 3.57 Å². The molecule has 0 aliphatic heterocycles. The lowest BCUT2D eigenvalue weighted by Gasteiger charge is -2.10. The number of carboxylic acid groups (broad SMARTS) is 1. The van der Waals surface area contributed by atoms with Crippen LogP contribution in [-0.2, 0) is 11.2 Å².